The average Bonchev–Trinajstić information content (AvgIpc) is 2.43. The minimum absolute atomic E-state index is 0.0304. The second kappa shape index (κ2) is 8.54. The highest BCUT2D eigenvalue weighted by atomic mass is 16.1. The van der Waals surface area contributed by atoms with Crippen molar-refractivity contribution < 1.29 is 4.79 Å². The average molecular weight is 274 g/mol. The van der Waals surface area contributed by atoms with Crippen molar-refractivity contribution in [2.45, 2.75) is 40.8 Å². The molecule has 0 aromatic heterocycles. The SMILES string of the molecule is CCN(CC)Cc1ccc(CNC(=O)C=C(C)C)cc1. The second-order valence-corrected chi connectivity index (χ2v) is 5.22. The van der Waals surface area contributed by atoms with E-state index in [9.17, 15) is 4.79 Å². The Labute approximate surface area is 122 Å². The third-order valence-electron chi connectivity index (χ3n) is 3.21. The molecule has 1 aromatic rings. The van der Waals surface area contributed by atoms with Gasteiger partial charge in [-0.25, -0.2) is 0 Å². The minimum Gasteiger partial charge on any atom is -0.348 e. The maximum atomic E-state index is 11.5. The second-order valence-electron chi connectivity index (χ2n) is 5.22. The van der Waals surface area contributed by atoms with Gasteiger partial charge in [0.15, 0.2) is 0 Å². The lowest BCUT2D eigenvalue weighted by Gasteiger charge is -2.18. The van der Waals surface area contributed by atoms with Gasteiger partial charge in [-0.05, 0) is 38.1 Å². The van der Waals surface area contributed by atoms with Gasteiger partial charge in [0, 0.05) is 19.2 Å². The number of nitrogens with one attached hydrogen (secondary N) is 1. The standard InChI is InChI=1S/C17H26N2O/c1-5-19(6-2)13-16-9-7-15(8-10-16)12-18-17(20)11-14(3)4/h7-11H,5-6,12-13H2,1-4H3,(H,18,20). The van der Waals surface area contributed by atoms with E-state index in [2.05, 4.69) is 48.3 Å². The summed E-state index contributed by atoms with van der Waals surface area (Å²) >= 11 is 0. The maximum Gasteiger partial charge on any atom is 0.244 e. The Balaban J connectivity index is 2.50. The molecule has 20 heavy (non-hydrogen) atoms. The molecule has 0 saturated carbocycles. The molecule has 3 nitrogen and oxygen atoms in total. The van der Waals surface area contributed by atoms with Crippen LogP contribution in [-0.4, -0.2) is 23.9 Å². The van der Waals surface area contributed by atoms with E-state index < -0.39 is 0 Å². The summed E-state index contributed by atoms with van der Waals surface area (Å²) in [5.41, 5.74) is 3.45. The van der Waals surface area contributed by atoms with Crippen LogP contribution in [0.3, 0.4) is 0 Å². The van der Waals surface area contributed by atoms with E-state index in [0.717, 1.165) is 30.8 Å². The van der Waals surface area contributed by atoms with E-state index in [4.69, 9.17) is 0 Å². The zero-order valence-electron chi connectivity index (χ0n) is 13.1. The molecule has 3 heteroatoms. The maximum absolute atomic E-state index is 11.5. The number of hydrogen-bond acceptors (Lipinski definition) is 2. The third-order valence-corrected chi connectivity index (χ3v) is 3.21. The molecule has 1 N–H and O–H groups in total. The number of amides is 1. The fourth-order valence-electron chi connectivity index (χ4n) is 1.97. The molecular weight excluding hydrogens is 248 g/mol. The predicted molar refractivity (Wildman–Crippen MR) is 84.3 cm³/mol. The van der Waals surface area contributed by atoms with Crippen molar-refractivity contribution in [3.63, 3.8) is 0 Å². The van der Waals surface area contributed by atoms with Gasteiger partial charge in [0.25, 0.3) is 0 Å². The molecule has 110 valence electrons. The smallest absolute Gasteiger partial charge is 0.244 e. The van der Waals surface area contributed by atoms with Crippen molar-refractivity contribution in [2.24, 2.45) is 0 Å². The Hall–Kier alpha value is -1.61. The largest absolute Gasteiger partial charge is 0.348 e. The Morgan fingerprint density at radius 2 is 1.65 bits per heavy atom. The summed E-state index contributed by atoms with van der Waals surface area (Å²) < 4.78 is 0. The van der Waals surface area contributed by atoms with Crippen LogP contribution in [0, 0.1) is 0 Å². The number of carbonyl (C=O) groups is 1. The Morgan fingerprint density at radius 1 is 1.10 bits per heavy atom. The summed E-state index contributed by atoms with van der Waals surface area (Å²) in [5, 5.41) is 2.89. The number of hydrogen-bond donors (Lipinski definition) is 1. The molecule has 0 bridgehead atoms. The molecule has 1 rings (SSSR count). The first-order valence-corrected chi connectivity index (χ1v) is 7.28. The lowest BCUT2D eigenvalue weighted by atomic mass is 10.1. The van der Waals surface area contributed by atoms with Gasteiger partial charge in [0.1, 0.15) is 0 Å². The van der Waals surface area contributed by atoms with Crippen LogP contribution in [0.5, 0.6) is 0 Å². The van der Waals surface area contributed by atoms with Crippen molar-refractivity contribution in [1.29, 1.82) is 0 Å². The van der Waals surface area contributed by atoms with Gasteiger partial charge in [0.05, 0.1) is 0 Å². The number of carbonyl (C=O) groups excluding carboxylic acids is 1. The quantitative estimate of drug-likeness (QED) is 0.775. The van der Waals surface area contributed by atoms with Gasteiger partial charge in [-0.15, -0.1) is 0 Å². The molecule has 0 aliphatic heterocycles. The molecule has 0 unspecified atom stereocenters. The van der Waals surface area contributed by atoms with Crippen LogP contribution in [0.2, 0.25) is 0 Å². The highest BCUT2D eigenvalue weighted by molar-refractivity contribution is 5.87. The first-order chi connectivity index (χ1) is 9.55. The van der Waals surface area contributed by atoms with E-state index in [1.54, 1.807) is 6.08 Å². The van der Waals surface area contributed by atoms with Crippen LogP contribution in [0.15, 0.2) is 35.9 Å². The predicted octanol–water partition coefficient (Wildman–Crippen LogP) is 3.11. The van der Waals surface area contributed by atoms with Crippen LogP contribution < -0.4 is 5.32 Å². The van der Waals surface area contributed by atoms with Crippen LogP contribution in [0.25, 0.3) is 0 Å². The fraction of sp³-hybridized carbons (Fsp3) is 0.471. The van der Waals surface area contributed by atoms with Crippen LogP contribution in [-0.2, 0) is 17.9 Å². The first kappa shape index (κ1) is 16.4. The molecule has 0 spiro atoms. The Morgan fingerprint density at radius 3 is 2.15 bits per heavy atom. The van der Waals surface area contributed by atoms with Gasteiger partial charge in [-0.2, -0.15) is 0 Å². The molecular formula is C17H26N2O. The van der Waals surface area contributed by atoms with Crippen molar-refractivity contribution in [2.75, 3.05) is 13.1 Å². The zero-order chi connectivity index (χ0) is 15.0. The van der Waals surface area contributed by atoms with Crippen LogP contribution >= 0.6 is 0 Å². The van der Waals surface area contributed by atoms with E-state index >= 15 is 0 Å². The lowest BCUT2D eigenvalue weighted by molar-refractivity contribution is -0.116. The fourth-order valence-corrected chi connectivity index (χ4v) is 1.97. The molecule has 0 radical (unpaired) electrons. The first-order valence-electron chi connectivity index (χ1n) is 7.28. The van der Waals surface area contributed by atoms with Gasteiger partial charge < -0.3 is 5.32 Å². The van der Waals surface area contributed by atoms with E-state index in [-0.39, 0.29) is 5.91 Å². The number of allylic oxidation sites excluding steroid dienone is 1. The number of rotatable bonds is 7. The number of nitrogens with zero attached hydrogens (tertiary/aromatic N) is 1. The van der Waals surface area contributed by atoms with Crippen molar-refractivity contribution in [1.82, 2.24) is 10.2 Å². The summed E-state index contributed by atoms with van der Waals surface area (Å²) in [6, 6.07) is 8.45. The summed E-state index contributed by atoms with van der Waals surface area (Å²) in [6.07, 6.45) is 1.62. The van der Waals surface area contributed by atoms with Crippen molar-refractivity contribution >= 4 is 5.91 Å². The van der Waals surface area contributed by atoms with Crippen LogP contribution in [0.4, 0.5) is 0 Å². The van der Waals surface area contributed by atoms with Gasteiger partial charge in [-0.3, -0.25) is 9.69 Å². The normalized spacial score (nSPS) is 10.4. The van der Waals surface area contributed by atoms with E-state index in [1.807, 2.05) is 13.8 Å². The molecule has 0 aliphatic rings. The summed E-state index contributed by atoms with van der Waals surface area (Å²) in [4.78, 5) is 13.9. The molecule has 0 atom stereocenters. The highest BCUT2D eigenvalue weighted by Crippen LogP contribution is 2.07. The van der Waals surface area contributed by atoms with Gasteiger partial charge in [0.2, 0.25) is 5.91 Å². The lowest BCUT2D eigenvalue weighted by Crippen LogP contribution is -2.22. The van der Waals surface area contributed by atoms with Crippen molar-refractivity contribution in [3.8, 4) is 0 Å². The van der Waals surface area contributed by atoms with E-state index in [1.165, 1.54) is 5.56 Å². The minimum atomic E-state index is -0.0304. The molecule has 1 aromatic carbocycles. The summed E-state index contributed by atoms with van der Waals surface area (Å²) in [5.74, 6) is -0.0304. The summed E-state index contributed by atoms with van der Waals surface area (Å²) in [6.45, 7) is 11.9. The molecule has 0 heterocycles. The molecule has 0 saturated heterocycles. The monoisotopic (exact) mass is 274 g/mol. The summed E-state index contributed by atoms with van der Waals surface area (Å²) in [7, 11) is 0. The third kappa shape index (κ3) is 6.02. The molecule has 0 aliphatic carbocycles. The zero-order valence-corrected chi connectivity index (χ0v) is 13.1. The van der Waals surface area contributed by atoms with Crippen LogP contribution in [0.1, 0.15) is 38.8 Å². The van der Waals surface area contributed by atoms with Crippen molar-refractivity contribution in [3.05, 3.63) is 47.0 Å². The highest BCUT2D eigenvalue weighted by Gasteiger charge is 2.02. The van der Waals surface area contributed by atoms with Gasteiger partial charge in [-0.1, -0.05) is 43.7 Å². The Kier molecular flexibility index (Phi) is 7.02. The number of benzene rings is 1. The topological polar surface area (TPSA) is 32.3 Å². The van der Waals surface area contributed by atoms with Gasteiger partial charge >= 0.3 is 0 Å². The molecule has 1 amide bonds. The molecule has 0 fully saturated rings. The Bertz CT molecular complexity index is 441. The van der Waals surface area contributed by atoms with E-state index in [0.29, 0.717) is 6.54 Å².